The van der Waals surface area contributed by atoms with Gasteiger partial charge in [-0.05, 0) is 20.8 Å². The molecule has 0 aliphatic carbocycles. The van der Waals surface area contributed by atoms with Crippen LogP contribution in [-0.2, 0) is 4.74 Å². The molecule has 0 bridgehead atoms. The largest absolute Gasteiger partial charge is 0.444 e. The third kappa shape index (κ3) is 2.40. The Kier molecular flexibility index (Phi) is 2.69. The van der Waals surface area contributed by atoms with E-state index in [1.54, 1.807) is 4.90 Å². The first-order chi connectivity index (χ1) is 7.46. The summed E-state index contributed by atoms with van der Waals surface area (Å²) >= 11 is 0. The summed E-state index contributed by atoms with van der Waals surface area (Å²) in [6, 6.07) is 0. The van der Waals surface area contributed by atoms with Crippen molar-refractivity contribution in [3.63, 3.8) is 0 Å². The Hall–Kier alpha value is -1.39. The van der Waals surface area contributed by atoms with Gasteiger partial charge in [0, 0.05) is 18.7 Å². The van der Waals surface area contributed by atoms with Crippen LogP contribution in [0.4, 0.5) is 4.79 Å². The second kappa shape index (κ2) is 3.88. The maximum atomic E-state index is 11.8. The van der Waals surface area contributed by atoms with Gasteiger partial charge < -0.3 is 20.3 Å². The minimum atomic E-state index is -0.424. The fourth-order valence-corrected chi connectivity index (χ4v) is 1.86. The van der Waals surface area contributed by atoms with E-state index in [2.05, 4.69) is 10.6 Å². The zero-order chi connectivity index (χ0) is 11.8. The van der Waals surface area contributed by atoms with Crippen molar-refractivity contribution in [2.24, 2.45) is 0 Å². The molecule has 0 atom stereocenters. The van der Waals surface area contributed by atoms with Gasteiger partial charge in [0.1, 0.15) is 5.60 Å². The highest BCUT2D eigenvalue weighted by Crippen LogP contribution is 2.19. The Labute approximate surface area is 95.8 Å². The van der Waals surface area contributed by atoms with Gasteiger partial charge in [0.2, 0.25) is 0 Å². The molecule has 0 fully saturated rings. The lowest BCUT2D eigenvalue weighted by atomic mass is 10.1. The van der Waals surface area contributed by atoms with Gasteiger partial charge in [0.05, 0.1) is 18.9 Å². The second-order valence-electron chi connectivity index (χ2n) is 5.14. The van der Waals surface area contributed by atoms with E-state index in [-0.39, 0.29) is 6.09 Å². The van der Waals surface area contributed by atoms with E-state index in [0.717, 1.165) is 25.3 Å². The van der Waals surface area contributed by atoms with Crippen molar-refractivity contribution in [3.05, 3.63) is 11.4 Å². The van der Waals surface area contributed by atoms with Crippen LogP contribution in [-0.4, -0.2) is 36.4 Å². The van der Waals surface area contributed by atoms with Crippen molar-refractivity contribution in [1.29, 1.82) is 0 Å². The van der Waals surface area contributed by atoms with Crippen LogP contribution in [0.1, 0.15) is 27.2 Å². The Morgan fingerprint density at radius 3 is 2.69 bits per heavy atom. The molecule has 0 saturated carbocycles. The van der Waals surface area contributed by atoms with Crippen LogP contribution in [0.2, 0.25) is 0 Å². The molecule has 2 aliphatic heterocycles. The molecule has 0 saturated heterocycles. The number of nitrogens with one attached hydrogen (secondary N) is 2. The predicted molar refractivity (Wildman–Crippen MR) is 60.6 cm³/mol. The quantitative estimate of drug-likeness (QED) is 0.645. The van der Waals surface area contributed by atoms with Gasteiger partial charge in [0.15, 0.2) is 0 Å². The predicted octanol–water partition coefficient (Wildman–Crippen LogP) is 0.989. The average molecular weight is 225 g/mol. The number of hydrogen-bond donors (Lipinski definition) is 2. The van der Waals surface area contributed by atoms with Crippen LogP contribution in [0, 0.1) is 0 Å². The summed E-state index contributed by atoms with van der Waals surface area (Å²) in [6.45, 7) is 7.77. The molecule has 2 heterocycles. The highest BCUT2D eigenvalue weighted by atomic mass is 16.6. The molecular formula is C11H19N3O2. The van der Waals surface area contributed by atoms with Crippen LogP contribution >= 0.6 is 0 Å². The molecule has 1 amide bonds. The molecule has 5 heteroatoms. The molecule has 90 valence electrons. The summed E-state index contributed by atoms with van der Waals surface area (Å²) in [5.74, 6) is 0. The number of carbonyl (C=O) groups excluding carboxylic acids is 1. The smallest absolute Gasteiger partial charge is 0.410 e. The molecule has 0 spiro atoms. The van der Waals surface area contributed by atoms with Gasteiger partial charge in [-0.25, -0.2) is 4.79 Å². The van der Waals surface area contributed by atoms with Crippen LogP contribution < -0.4 is 10.6 Å². The first kappa shape index (κ1) is 11.1. The van der Waals surface area contributed by atoms with Crippen molar-refractivity contribution in [3.8, 4) is 0 Å². The third-order valence-electron chi connectivity index (χ3n) is 2.60. The van der Waals surface area contributed by atoms with E-state index in [4.69, 9.17) is 4.74 Å². The van der Waals surface area contributed by atoms with E-state index >= 15 is 0 Å². The minimum Gasteiger partial charge on any atom is -0.444 e. The van der Waals surface area contributed by atoms with Gasteiger partial charge in [-0.1, -0.05) is 0 Å². The van der Waals surface area contributed by atoms with E-state index in [1.807, 2.05) is 20.8 Å². The monoisotopic (exact) mass is 225 g/mol. The molecule has 16 heavy (non-hydrogen) atoms. The van der Waals surface area contributed by atoms with Crippen LogP contribution in [0.25, 0.3) is 0 Å². The fraction of sp³-hybridized carbons (Fsp3) is 0.727. The molecule has 0 aromatic heterocycles. The van der Waals surface area contributed by atoms with Gasteiger partial charge in [-0.15, -0.1) is 0 Å². The SMILES string of the molecule is CC(C)(C)OC(=O)N1CCC2=C(C1)NCN2. The van der Waals surface area contributed by atoms with Gasteiger partial charge in [-0.2, -0.15) is 0 Å². The van der Waals surface area contributed by atoms with Crippen molar-refractivity contribution >= 4 is 6.09 Å². The van der Waals surface area contributed by atoms with Crippen LogP contribution in [0.15, 0.2) is 11.4 Å². The number of hydrogen-bond acceptors (Lipinski definition) is 4. The lowest BCUT2D eigenvalue weighted by Gasteiger charge is -2.30. The van der Waals surface area contributed by atoms with Gasteiger partial charge in [-0.3, -0.25) is 0 Å². The van der Waals surface area contributed by atoms with Crippen molar-refractivity contribution in [1.82, 2.24) is 15.5 Å². The standard InChI is InChI=1S/C11H19N3O2/c1-11(2,3)16-10(15)14-5-4-8-9(6-14)13-7-12-8/h12-13H,4-7H2,1-3H3. The summed E-state index contributed by atoms with van der Waals surface area (Å²) in [7, 11) is 0. The topological polar surface area (TPSA) is 53.6 Å². The Morgan fingerprint density at radius 1 is 1.31 bits per heavy atom. The zero-order valence-electron chi connectivity index (χ0n) is 10.1. The number of nitrogens with zero attached hydrogens (tertiary/aromatic N) is 1. The van der Waals surface area contributed by atoms with Crippen LogP contribution in [0.3, 0.4) is 0 Å². The summed E-state index contributed by atoms with van der Waals surface area (Å²) in [6.07, 6.45) is 0.648. The highest BCUT2D eigenvalue weighted by molar-refractivity contribution is 5.69. The van der Waals surface area contributed by atoms with E-state index in [0.29, 0.717) is 6.54 Å². The lowest BCUT2D eigenvalue weighted by Crippen LogP contribution is -2.41. The van der Waals surface area contributed by atoms with E-state index in [1.165, 1.54) is 5.70 Å². The Balaban J connectivity index is 1.95. The fourth-order valence-electron chi connectivity index (χ4n) is 1.86. The maximum absolute atomic E-state index is 11.8. The molecule has 2 rings (SSSR count). The van der Waals surface area contributed by atoms with E-state index < -0.39 is 5.60 Å². The molecule has 0 aromatic carbocycles. The first-order valence-electron chi connectivity index (χ1n) is 5.63. The number of ether oxygens (including phenoxy) is 1. The zero-order valence-corrected chi connectivity index (χ0v) is 10.1. The van der Waals surface area contributed by atoms with E-state index in [9.17, 15) is 4.79 Å². The molecule has 5 nitrogen and oxygen atoms in total. The minimum absolute atomic E-state index is 0.229. The summed E-state index contributed by atoms with van der Waals surface area (Å²) in [5, 5.41) is 6.48. The number of amides is 1. The van der Waals surface area contributed by atoms with Gasteiger partial charge in [0.25, 0.3) is 0 Å². The maximum Gasteiger partial charge on any atom is 0.410 e. The summed E-state index contributed by atoms with van der Waals surface area (Å²) in [4.78, 5) is 13.6. The van der Waals surface area contributed by atoms with Crippen molar-refractivity contribution in [2.75, 3.05) is 19.8 Å². The molecule has 0 unspecified atom stereocenters. The Morgan fingerprint density at radius 2 is 2.00 bits per heavy atom. The third-order valence-corrected chi connectivity index (χ3v) is 2.60. The van der Waals surface area contributed by atoms with Crippen LogP contribution in [0.5, 0.6) is 0 Å². The van der Waals surface area contributed by atoms with Crippen molar-refractivity contribution < 1.29 is 9.53 Å². The Bertz CT molecular complexity index is 331. The normalized spacial score (nSPS) is 20.1. The second-order valence-corrected chi connectivity index (χ2v) is 5.14. The highest BCUT2D eigenvalue weighted by Gasteiger charge is 2.28. The molecule has 0 aromatic rings. The molecule has 2 N–H and O–H groups in total. The summed E-state index contributed by atoms with van der Waals surface area (Å²) in [5.41, 5.74) is 1.93. The first-order valence-corrected chi connectivity index (χ1v) is 5.63. The number of carbonyl (C=O) groups is 1. The van der Waals surface area contributed by atoms with Crippen molar-refractivity contribution in [2.45, 2.75) is 32.8 Å². The average Bonchev–Trinajstić information content (AvgIpc) is 2.61. The molecule has 0 radical (unpaired) electrons. The number of rotatable bonds is 0. The lowest BCUT2D eigenvalue weighted by molar-refractivity contribution is 0.0258. The molecule has 2 aliphatic rings. The summed E-state index contributed by atoms with van der Waals surface area (Å²) < 4.78 is 5.34. The molecular weight excluding hydrogens is 206 g/mol. The van der Waals surface area contributed by atoms with Gasteiger partial charge >= 0.3 is 6.09 Å².